The van der Waals surface area contributed by atoms with Crippen LogP contribution in [0, 0.1) is 12.7 Å². The summed E-state index contributed by atoms with van der Waals surface area (Å²) in [5, 5.41) is 0.185. The summed E-state index contributed by atoms with van der Waals surface area (Å²) in [4.78, 5) is 25.2. The van der Waals surface area contributed by atoms with Crippen LogP contribution in [0.2, 0.25) is 5.02 Å². The van der Waals surface area contributed by atoms with Crippen LogP contribution in [0.15, 0.2) is 59.6 Å². The molecule has 1 amide bonds. The highest BCUT2D eigenvalue weighted by Crippen LogP contribution is 2.58. The number of hydrogen-bond donors (Lipinski definition) is 2. The molecule has 216 valence electrons. The van der Waals surface area contributed by atoms with Crippen LogP contribution in [-0.4, -0.2) is 66.3 Å². The third-order valence-electron chi connectivity index (χ3n) is 7.25. The van der Waals surface area contributed by atoms with E-state index in [0.717, 1.165) is 12.0 Å². The molecule has 5 rings (SSSR count). The van der Waals surface area contributed by atoms with Crippen molar-refractivity contribution < 1.29 is 18.3 Å². The molecule has 1 fully saturated rings. The summed E-state index contributed by atoms with van der Waals surface area (Å²) in [5.74, 6) is -0.205. The van der Waals surface area contributed by atoms with Crippen molar-refractivity contribution in [2.45, 2.75) is 39.7 Å². The normalized spacial score (nSPS) is 19.0. The lowest BCUT2D eigenvalue weighted by Gasteiger charge is -2.48. The van der Waals surface area contributed by atoms with Gasteiger partial charge in [0.25, 0.3) is 0 Å². The van der Waals surface area contributed by atoms with Crippen LogP contribution < -0.4 is 4.31 Å². The van der Waals surface area contributed by atoms with Gasteiger partial charge in [-0.1, -0.05) is 43.7 Å². The van der Waals surface area contributed by atoms with Crippen LogP contribution in [0.1, 0.15) is 37.1 Å². The third-order valence-corrected chi connectivity index (χ3v) is 8.80. The average molecular weight is 599 g/mol. The van der Waals surface area contributed by atoms with Gasteiger partial charge in [-0.2, -0.15) is 4.31 Å². The monoisotopic (exact) mass is 598 g/mol. The summed E-state index contributed by atoms with van der Waals surface area (Å²) in [6.07, 6.45) is 4.32. The van der Waals surface area contributed by atoms with Gasteiger partial charge in [-0.05, 0) is 67.1 Å². The fourth-order valence-electron chi connectivity index (χ4n) is 5.30. The molecule has 1 atom stereocenters. The maximum Gasteiger partial charge on any atom is 0.246 e. The van der Waals surface area contributed by atoms with Crippen molar-refractivity contribution in [1.29, 1.82) is 0 Å². The first-order valence-corrected chi connectivity index (χ1v) is 15.2. The zero-order valence-electron chi connectivity index (χ0n) is 23.1. The number of halogens is 2. The molecule has 9 nitrogen and oxygen atoms in total. The smallest absolute Gasteiger partial charge is 0.246 e. The van der Waals surface area contributed by atoms with E-state index in [1.165, 1.54) is 16.4 Å². The minimum atomic E-state index is -3.89. The molecule has 0 spiro atoms. The molecule has 41 heavy (non-hydrogen) atoms. The van der Waals surface area contributed by atoms with Gasteiger partial charge in [0.2, 0.25) is 5.91 Å². The van der Waals surface area contributed by atoms with Crippen LogP contribution in [0.5, 0.6) is 0 Å². The van der Waals surface area contributed by atoms with E-state index >= 15 is 0 Å². The van der Waals surface area contributed by atoms with Gasteiger partial charge >= 0.3 is 0 Å². The Bertz CT molecular complexity index is 1550. The lowest BCUT2D eigenvalue weighted by atomic mass is 10.1. The number of nitrogens with zero attached hydrogens (tertiary/aromatic N) is 6. The summed E-state index contributed by atoms with van der Waals surface area (Å²) in [5.41, 5.74) is 2.71. The Kier molecular flexibility index (Phi) is 8.06. The van der Waals surface area contributed by atoms with E-state index in [0.29, 0.717) is 48.8 Å². The zero-order valence-corrected chi connectivity index (χ0v) is 24.7. The number of carbonyl (C=O) groups excluding carboxylic acids is 1. The lowest BCUT2D eigenvalue weighted by molar-refractivity contribution is -0.128. The highest BCUT2D eigenvalue weighted by Gasteiger charge is 2.41. The third kappa shape index (κ3) is 5.30. The number of pyridine rings is 2. The van der Waals surface area contributed by atoms with Gasteiger partial charge in [0, 0.05) is 37.4 Å². The van der Waals surface area contributed by atoms with E-state index in [9.17, 15) is 18.3 Å². The summed E-state index contributed by atoms with van der Waals surface area (Å²) >= 11 is 6.75. The molecule has 2 N–H and O–H groups in total. The number of rotatable bonds is 5. The molecular weight excluding hydrogens is 567 g/mol. The summed E-state index contributed by atoms with van der Waals surface area (Å²) in [6.45, 7) is 10.5. The molecule has 0 radical (unpaired) electrons. The second-order valence-electron chi connectivity index (χ2n) is 10.1. The first-order valence-electron chi connectivity index (χ1n) is 13.3. The van der Waals surface area contributed by atoms with Crippen LogP contribution >= 0.6 is 22.6 Å². The molecule has 2 aromatic heterocycles. The van der Waals surface area contributed by atoms with Crippen molar-refractivity contribution in [3.63, 3.8) is 0 Å². The predicted octanol–water partition coefficient (Wildman–Crippen LogP) is 6.39. The Morgan fingerprint density at radius 2 is 2.00 bits per heavy atom. The number of anilines is 2. The van der Waals surface area contributed by atoms with E-state index in [2.05, 4.69) is 16.0 Å². The molecule has 4 heterocycles. The largest absolute Gasteiger partial charge is 0.348 e. The second-order valence-corrected chi connectivity index (χ2v) is 12.0. The molecule has 1 aromatic carbocycles. The Morgan fingerprint density at radius 3 is 2.68 bits per heavy atom. The summed E-state index contributed by atoms with van der Waals surface area (Å²) in [7, 11) is -3.89. The van der Waals surface area contributed by atoms with Gasteiger partial charge < -0.3 is 9.80 Å². The number of aromatic nitrogens is 2. The first kappa shape index (κ1) is 29.0. The molecule has 1 saturated heterocycles. The first-order chi connectivity index (χ1) is 19.6. The maximum absolute atomic E-state index is 15.0. The van der Waals surface area contributed by atoms with E-state index in [1.807, 2.05) is 25.7 Å². The molecule has 0 bridgehead atoms. The van der Waals surface area contributed by atoms with E-state index < -0.39 is 16.8 Å². The Labute approximate surface area is 245 Å². The summed E-state index contributed by atoms with van der Waals surface area (Å²) in [6, 6.07) is 9.37. The fraction of sp³-hybridized carbons (Fsp3) is 0.310. The van der Waals surface area contributed by atoms with Gasteiger partial charge in [-0.15, -0.1) is 4.40 Å². The molecule has 0 saturated carbocycles. The van der Waals surface area contributed by atoms with E-state index in [4.69, 9.17) is 16.6 Å². The number of amides is 1. The number of amidine groups is 1. The minimum absolute atomic E-state index is 0.165. The van der Waals surface area contributed by atoms with Crippen molar-refractivity contribution in [2.24, 2.45) is 4.40 Å². The molecule has 0 aliphatic carbocycles. The number of aryl methyl sites for hydroxylation is 2. The number of hydrogen-bond acceptors (Lipinski definition) is 8. The van der Waals surface area contributed by atoms with Crippen LogP contribution in [0.3, 0.4) is 0 Å². The van der Waals surface area contributed by atoms with Gasteiger partial charge in [0.15, 0.2) is 11.7 Å². The summed E-state index contributed by atoms with van der Waals surface area (Å²) < 4.78 is 44.2. The van der Waals surface area contributed by atoms with E-state index in [-0.39, 0.29) is 34.0 Å². The number of carbonyl (C=O) groups is 1. The van der Waals surface area contributed by atoms with Gasteiger partial charge in [-0.3, -0.25) is 18.9 Å². The number of benzene rings is 1. The molecule has 2 aliphatic rings. The number of fused-ring (bicyclic) bond motifs is 1. The highest BCUT2D eigenvalue weighted by atomic mass is 35.5. The standard InChI is InChI=1S/C29H32ClFN6O3S/c1-5-9-24-27(18(3)12-13-32-24)37-28-21(16-22(30)26(33-28)20-10-7-8-11-23(20)31)29(34-41(37,39)40)36-15-14-35(17-19(36)4)25(38)6-2/h6-8,10-13,16,19,39-40H,2,5,9,14-15,17H2,1,3-4H3/t19-/m0/s1. The molecule has 2 aliphatic heterocycles. The fourth-order valence-corrected chi connectivity index (χ4v) is 6.94. The molecule has 12 heteroatoms. The van der Waals surface area contributed by atoms with Crippen LogP contribution in [0.4, 0.5) is 15.9 Å². The van der Waals surface area contributed by atoms with Crippen molar-refractivity contribution in [1.82, 2.24) is 19.8 Å². The van der Waals surface area contributed by atoms with Gasteiger partial charge in [0.1, 0.15) is 5.82 Å². The SMILES string of the molecule is C=CC(=O)N1CCN(C2=NS(O)(O)N(c3c(C)ccnc3CCC)c3nc(-c4ccccc4F)c(Cl)cc32)[C@@H](C)C1. The van der Waals surface area contributed by atoms with Crippen LogP contribution in [0.25, 0.3) is 11.3 Å². The van der Waals surface area contributed by atoms with Crippen molar-refractivity contribution in [2.75, 3.05) is 23.9 Å². The second kappa shape index (κ2) is 11.4. The Hall–Kier alpha value is -3.51. The van der Waals surface area contributed by atoms with Crippen molar-refractivity contribution >= 4 is 45.8 Å². The van der Waals surface area contributed by atoms with Crippen LogP contribution in [-0.2, 0) is 11.2 Å². The van der Waals surface area contributed by atoms with Crippen molar-refractivity contribution in [3.05, 3.63) is 82.9 Å². The topological polar surface area (TPSA) is 105 Å². The minimum Gasteiger partial charge on any atom is -0.348 e. The highest BCUT2D eigenvalue weighted by molar-refractivity contribution is 8.24. The average Bonchev–Trinajstić information content (AvgIpc) is 2.93. The maximum atomic E-state index is 15.0. The Morgan fingerprint density at radius 1 is 1.24 bits per heavy atom. The number of piperazine rings is 1. The Balaban J connectivity index is 1.73. The van der Waals surface area contributed by atoms with Gasteiger partial charge in [-0.25, -0.2) is 9.37 Å². The lowest BCUT2D eigenvalue weighted by Crippen LogP contribution is -2.56. The quantitative estimate of drug-likeness (QED) is 0.328. The van der Waals surface area contributed by atoms with Gasteiger partial charge in [0.05, 0.1) is 27.7 Å². The molecule has 0 unspecified atom stereocenters. The van der Waals surface area contributed by atoms with Crippen molar-refractivity contribution in [3.8, 4) is 11.3 Å². The molecule has 3 aromatic rings. The molecular formula is C29H32ClFN6O3S. The predicted molar refractivity (Wildman–Crippen MR) is 162 cm³/mol. The zero-order chi connectivity index (χ0) is 29.5. The van der Waals surface area contributed by atoms with E-state index in [1.54, 1.807) is 41.4 Å².